The Balaban J connectivity index is 0.00000898. The number of aromatic hydroxyl groups is 1. The first-order chi connectivity index (χ1) is 29.8. The minimum absolute atomic E-state index is 0. The van der Waals surface area contributed by atoms with E-state index in [0.29, 0.717) is 27.8 Å². The van der Waals surface area contributed by atoms with Crippen molar-refractivity contribution < 1.29 is 73.9 Å². The minimum Gasteiger partial charge on any atom is -0.748 e. The van der Waals surface area contributed by atoms with Crippen LogP contribution in [0.15, 0.2) is 77.5 Å². The first-order valence-corrected chi connectivity index (χ1v) is 24.9. The Hall–Kier alpha value is -4.03. The average Bonchev–Trinajstić information content (AvgIpc) is 3.20. The van der Waals surface area contributed by atoms with Crippen LogP contribution in [0.4, 0.5) is 5.69 Å². The van der Waals surface area contributed by atoms with Crippen molar-refractivity contribution in [2.75, 3.05) is 42.6 Å². The quantitative estimate of drug-likeness (QED) is 0.0172. The van der Waals surface area contributed by atoms with Crippen molar-refractivity contribution in [3.8, 4) is 17.1 Å². The molecule has 5 rings (SSSR count). The Labute approximate surface area is 397 Å². The number of benzene rings is 2. The number of hydrogen-bond donors (Lipinski definition) is 2. The summed E-state index contributed by atoms with van der Waals surface area (Å²) in [5, 5.41) is 12.1. The third kappa shape index (κ3) is 14.7. The van der Waals surface area contributed by atoms with Gasteiger partial charge in [-0.1, -0.05) is 91.4 Å². The molecule has 0 saturated carbocycles. The van der Waals surface area contributed by atoms with E-state index in [2.05, 4.69) is 18.7 Å². The van der Waals surface area contributed by atoms with E-state index in [1.807, 2.05) is 32.9 Å². The summed E-state index contributed by atoms with van der Waals surface area (Å²) in [5.41, 5.74) is 0.193. The molecule has 342 valence electrons. The molecular weight excluding hydrogens is 872 g/mol. The molecule has 1 aromatic carbocycles. The summed E-state index contributed by atoms with van der Waals surface area (Å²) in [7, 11) is -8.71. The van der Waals surface area contributed by atoms with Gasteiger partial charge in [-0.2, -0.15) is 8.42 Å². The molecule has 17 heteroatoms. The number of nitrogens with zero attached hydrogens (tertiary/aromatic N) is 2. The van der Waals surface area contributed by atoms with E-state index in [9.17, 15) is 40.6 Å². The van der Waals surface area contributed by atoms with Gasteiger partial charge in [0.25, 0.3) is 10.1 Å². The molecule has 3 aromatic rings. The number of fused-ring (bicyclic) bond motifs is 4. The summed E-state index contributed by atoms with van der Waals surface area (Å²) < 4.78 is 85.5. The monoisotopic (exact) mass is 931 g/mol. The average molecular weight is 932 g/mol. The first-order valence-electron chi connectivity index (χ1n) is 21.7. The van der Waals surface area contributed by atoms with Crippen molar-refractivity contribution >= 4 is 60.0 Å². The summed E-state index contributed by atoms with van der Waals surface area (Å²) >= 11 is 0. The van der Waals surface area contributed by atoms with Crippen LogP contribution in [0.25, 0.3) is 45.4 Å². The van der Waals surface area contributed by atoms with Gasteiger partial charge < -0.3 is 27.8 Å². The minimum atomic E-state index is -4.47. The van der Waals surface area contributed by atoms with E-state index in [1.54, 1.807) is 47.1 Å². The Morgan fingerprint density at radius 2 is 1.41 bits per heavy atom. The van der Waals surface area contributed by atoms with Crippen molar-refractivity contribution in [1.82, 2.24) is 4.58 Å². The van der Waals surface area contributed by atoms with Crippen LogP contribution >= 0.6 is 0 Å². The number of hydrogen-bond acceptors (Lipinski definition) is 12. The van der Waals surface area contributed by atoms with Gasteiger partial charge in [-0.3, -0.25) is 4.55 Å². The van der Waals surface area contributed by atoms with Crippen LogP contribution in [0.2, 0.25) is 0 Å². The third-order valence-corrected chi connectivity index (χ3v) is 12.5. The van der Waals surface area contributed by atoms with Gasteiger partial charge in [-0.25, -0.2) is 22.6 Å². The third-order valence-electron chi connectivity index (χ3n) is 10.9. The van der Waals surface area contributed by atoms with Gasteiger partial charge in [0.2, 0.25) is 5.36 Å². The van der Waals surface area contributed by atoms with Crippen LogP contribution in [0.3, 0.4) is 0 Å². The molecule has 1 aliphatic heterocycles. The predicted octanol–water partition coefficient (Wildman–Crippen LogP) is 5.28. The van der Waals surface area contributed by atoms with Gasteiger partial charge in [-0.15, -0.1) is 0 Å². The maximum absolute atomic E-state index is 13.4. The molecule has 3 heterocycles. The molecule has 0 atom stereocenters. The number of anilines is 1. The van der Waals surface area contributed by atoms with E-state index in [1.165, 1.54) is 25.0 Å². The molecule has 2 aliphatic rings. The summed E-state index contributed by atoms with van der Waals surface area (Å²) in [6.07, 6.45) is 15.3. The zero-order valence-corrected chi connectivity index (χ0v) is 41.5. The van der Waals surface area contributed by atoms with E-state index in [-0.39, 0.29) is 77.6 Å². The molecule has 0 saturated heterocycles. The van der Waals surface area contributed by atoms with Gasteiger partial charge in [0.15, 0.2) is 5.58 Å². The zero-order chi connectivity index (χ0) is 46.0. The second kappa shape index (κ2) is 23.4. The smallest absolute Gasteiger partial charge is 0.748 e. The maximum atomic E-state index is 13.4. The largest absolute Gasteiger partial charge is 1.00 e. The normalized spacial score (nSPS) is 13.1. The fourth-order valence-electron chi connectivity index (χ4n) is 7.48. The SMILES string of the molecule is CCCCCCN(CCCCCC)c1ccc2c(c1)oc(=O)c1c(O)c(/C=C/C=C/c3cc(C(C)(C)C)oc4cc(=[N+](CCCS(=O)(=O)[O-])CCCS(=O)(=O)O)ccc3-4)c(=O)oc12.[Na+]. The fourth-order valence-corrected chi connectivity index (χ4v) is 8.46. The van der Waals surface area contributed by atoms with E-state index in [0.717, 1.165) is 62.9 Å². The Morgan fingerprint density at radius 1 is 0.766 bits per heavy atom. The molecule has 0 spiro atoms. The Morgan fingerprint density at radius 3 is 2.02 bits per heavy atom. The van der Waals surface area contributed by atoms with Gasteiger partial charge in [0, 0.05) is 60.5 Å². The van der Waals surface area contributed by atoms with Gasteiger partial charge in [0.05, 0.1) is 27.3 Å². The maximum Gasteiger partial charge on any atom is 1.00 e. The summed E-state index contributed by atoms with van der Waals surface area (Å²) in [6.45, 7) is 12.3. The van der Waals surface area contributed by atoms with Crippen molar-refractivity contribution in [3.63, 3.8) is 0 Å². The van der Waals surface area contributed by atoms with Gasteiger partial charge >= 0.3 is 40.8 Å². The standard InChI is InChI=1S/C47H60N2O12S2.Na/c1-6-8-10-14-24-48(25-15-11-9-7-2)35-21-23-37-40(32-35)60-46(52)42-43(50)38(45(51)61-44(37)42)19-13-12-18-33-30-41(47(3,4)5)59-39-31-34(20-22-36(33)39)49(26-16-28-62(53,54)55)27-17-29-63(56,57)58;/h12-13,18-23,30-32H,6-11,14-17,24-29H2,1-5H3,(H2,53,54,55,56,57,58);/q;+1. The molecule has 2 aromatic heterocycles. The molecular formula is C47H60N2NaO12S2+. The van der Waals surface area contributed by atoms with Crippen LogP contribution < -0.4 is 55.6 Å². The molecule has 0 amide bonds. The molecule has 0 unspecified atom stereocenters. The van der Waals surface area contributed by atoms with Crippen molar-refractivity contribution in [3.05, 3.63) is 97.7 Å². The van der Waals surface area contributed by atoms with Gasteiger partial charge in [0.1, 0.15) is 46.9 Å². The molecule has 0 bridgehead atoms. The Bertz CT molecular complexity index is 2780. The Kier molecular flexibility index (Phi) is 19.3. The number of allylic oxidation sites excluding steroid dienone is 2. The summed E-state index contributed by atoms with van der Waals surface area (Å²) in [5.74, 6) is -0.570. The molecule has 1 aliphatic carbocycles. The molecule has 64 heavy (non-hydrogen) atoms. The van der Waals surface area contributed by atoms with Crippen LogP contribution in [0.5, 0.6) is 5.75 Å². The summed E-state index contributed by atoms with van der Waals surface area (Å²) in [4.78, 5) is 29.1. The molecule has 0 fully saturated rings. The van der Waals surface area contributed by atoms with Gasteiger partial charge in [-0.05, 0) is 48.7 Å². The van der Waals surface area contributed by atoms with Crippen LogP contribution in [0, 0.1) is 0 Å². The molecule has 14 nitrogen and oxygen atoms in total. The number of unbranched alkanes of at least 4 members (excludes halogenated alkanes) is 6. The van der Waals surface area contributed by atoms with Crippen LogP contribution in [-0.4, -0.2) is 68.7 Å². The van der Waals surface area contributed by atoms with E-state index in [4.69, 9.17) is 13.3 Å². The topological polar surface area (TPSA) is 212 Å². The molecule has 0 radical (unpaired) electrons. The predicted molar refractivity (Wildman–Crippen MR) is 248 cm³/mol. The van der Waals surface area contributed by atoms with Crippen molar-refractivity contribution in [2.24, 2.45) is 0 Å². The zero-order valence-electron chi connectivity index (χ0n) is 37.9. The second-order valence-corrected chi connectivity index (χ2v) is 20.1. The van der Waals surface area contributed by atoms with E-state index < -0.39 is 54.2 Å². The van der Waals surface area contributed by atoms with Crippen LogP contribution in [0.1, 0.15) is 116 Å². The summed E-state index contributed by atoms with van der Waals surface area (Å²) in [6, 6.07) is 12.7. The second-order valence-electron chi connectivity index (χ2n) is 17.0. The molecule has 2 N–H and O–H groups in total. The van der Waals surface area contributed by atoms with E-state index >= 15 is 0 Å². The fraction of sp³-hybridized carbons (Fsp3) is 0.468. The van der Waals surface area contributed by atoms with Crippen molar-refractivity contribution in [1.29, 1.82) is 0 Å². The van der Waals surface area contributed by atoms with Crippen LogP contribution in [-0.2, 0) is 25.7 Å². The number of rotatable bonds is 22. The first kappa shape index (κ1) is 52.6. The van der Waals surface area contributed by atoms with Crippen molar-refractivity contribution in [2.45, 2.75) is 104 Å².